The SMILES string of the molecule is COC(=O)C(C#N)=C1CCCC1C(SC)=C(C#N)C(=O)OC. The molecule has 0 spiro atoms. The first-order valence-electron chi connectivity index (χ1n) is 6.53. The molecular formula is C15H16N2O4S. The number of rotatable bonds is 4. The van der Waals surface area contributed by atoms with Gasteiger partial charge in [0.05, 0.1) is 14.2 Å². The summed E-state index contributed by atoms with van der Waals surface area (Å²) in [6, 6.07) is 3.74. The third-order valence-corrected chi connectivity index (χ3v) is 4.39. The first-order chi connectivity index (χ1) is 10.5. The molecule has 1 rings (SSSR count). The second kappa shape index (κ2) is 8.26. The average Bonchev–Trinajstić information content (AvgIpc) is 3.01. The number of nitriles is 2. The molecule has 0 saturated heterocycles. The van der Waals surface area contributed by atoms with Gasteiger partial charge in [0.2, 0.25) is 0 Å². The maximum atomic E-state index is 11.7. The summed E-state index contributed by atoms with van der Waals surface area (Å²) in [4.78, 5) is 24.0. The Hall–Kier alpha value is -2.25. The fourth-order valence-electron chi connectivity index (χ4n) is 2.51. The summed E-state index contributed by atoms with van der Waals surface area (Å²) in [5.41, 5.74) is 0.496. The lowest BCUT2D eigenvalue weighted by molar-refractivity contribution is -0.136. The van der Waals surface area contributed by atoms with E-state index in [0.29, 0.717) is 23.3 Å². The number of thioether (sulfide) groups is 1. The van der Waals surface area contributed by atoms with Gasteiger partial charge in [0.25, 0.3) is 0 Å². The Balaban J connectivity index is 3.45. The number of carbonyl (C=O) groups excluding carboxylic acids is 2. The van der Waals surface area contributed by atoms with Crippen LogP contribution >= 0.6 is 11.8 Å². The van der Waals surface area contributed by atoms with E-state index < -0.39 is 11.9 Å². The van der Waals surface area contributed by atoms with E-state index in [1.807, 2.05) is 12.1 Å². The maximum absolute atomic E-state index is 11.7. The molecule has 0 aromatic rings. The van der Waals surface area contributed by atoms with Gasteiger partial charge in [-0.05, 0) is 31.1 Å². The summed E-state index contributed by atoms with van der Waals surface area (Å²) in [7, 11) is 2.42. The molecule has 6 nitrogen and oxygen atoms in total. The number of esters is 2. The Morgan fingerprint density at radius 2 is 1.82 bits per heavy atom. The summed E-state index contributed by atoms with van der Waals surface area (Å²) in [5, 5.41) is 18.5. The van der Waals surface area contributed by atoms with E-state index in [2.05, 4.69) is 9.47 Å². The highest BCUT2D eigenvalue weighted by atomic mass is 32.2. The highest BCUT2D eigenvalue weighted by molar-refractivity contribution is 8.02. The van der Waals surface area contributed by atoms with Crippen molar-refractivity contribution in [3.63, 3.8) is 0 Å². The standard InChI is InChI=1S/C15H16N2O4S/c1-20-14(18)11(7-16)9-5-4-6-10(9)13(22-3)12(8-17)15(19)21-2/h10H,4-6H2,1-3H3. The molecule has 0 amide bonds. The van der Waals surface area contributed by atoms with E-state index in [1.165, 1.54) is 26.0 Å². The number of methoxy groups -OCH3 is 2. The van der Waals surface area contributed by atoms with Gasteiger partial charge in [-0.1, -0.05) is 0 Å². The van der Waals surface area contributed by atoms with Crippen LogP contribution in [0.2, 0.25) is 0 Å². The van der Waals surface area contributed by atoms with Crippen molar-refractivity contribution < 1.29 is 19.1 Å². The number of nitrogens with zero attached hydrogens (tertiary/aromatic N) is 2. The summed E-state index contributed by atoms with van der Waals surface area (Å²) in [6.07, 6.45) is 3.74. The molecule has 7 heteroatoms. The second-order valence-electron chi connectivity index (χ2n) is 4.50. The number of ether oxygens (including phenoxy) is 2. The van der Waals surface area contributed by atoms with Gasteiger partial charge in [0.1, 0.15) is 23.3 Å². The zero-order chi connectivity index (χ0) is 16.7. The van der Waals surface area contributed by atoms with Gasteiger partial charge in [0.15, 0.2) is 0 Å². The van der Waals surface area contributed by atoms with Crippen molar-refractivity contribution in [3.8, 4) is 12.1 Å². The fourth-order valence-corrected chi connectivity index (χ4v) is 3.38. The zero-order valence-corrected chi connectivity index (χ0v) is 13.5. The van der Waals surface area contributed by atoms with Gasteiger partial charge >= 0.3 is 11.9 Å². The normalized spacial score (nSPS) is 20.3. The minimum Gasteiger partial charge on any atom is -0.465 e. The molecule has 1 fully saturated rings. The summed E-state index contributed by atoms with van der Waals surface area (Å²) >= 11 is 1.26. The van der Waals surface area contributed by atoms with Crippen molar-refractivity contribution in [2.75, 3.05) is 20.5 Å². The highest BCUT2D eigenvalue weighted by Crippen LogP contribution is 2.43. The summed E-state index contributed by atoms with van der Waals surface area (Å²) in [6.45, 7) is 0. The molecule has 0 radical (unpaired) electrons. The Morgan fingerprint density at radius 1 is 1.18 bits per heavy atom. The number of carbonyl (C=O) groups is 2. The molecule has 0 heterocycles. The van der Waals surface area contributed by atoms with Gasteiger partial charge in [-0.3, -0.25) is 0 Å². The quantitative estimate of drug-likeness (QED) is 0.444. The molecule has 1 unspecified atom stereocenters. The lowest BCUT2D eigenvalue weighted by Gasteiger charge is -2.17. The first kappa shape index (κ1) is 17.8. The van der Waals surface area contributed by atoms with E-state index in [0.717, 1.165) is 6.42 Å². The molecule has 1 aliphatic rings. The molecule has 116 valence electrons. The van der Waals surface area contributed by atoms with Crippen LogP contribution in [0.15, 0.2) is 21.6 Å². The van der Waals surface area contributed by atoms with Gasteiger partial charge < -0.3 is 9.47 Å². The van der Waals surface area contributed by atoms with Gasteiger partial charge in [-0.25, -0.2) is 9.59 Å². The van der Waals surface area contributed by atoms with E-state index in [9.17, 15) is 20.1 Å². The predicted molar refractivity (Wildman–Crippen MR) is 80.2 cm³/mol. The number of hydrogen-bond donors (Lipinski definition) is 0. The largest absolute Gasteiger partial charge is 0.465 e. The van der Waals surface area contributed by atoms with Crippen molar-refractivity contribution in [2.45, 2.75) is 19.3 Å². The molecule has 1 atom stereocenters. The minimum atomic E-state index is -0.713. The Bertz CT molecular complexity index is 622. The van der Waals surface area contributed by atoms with Crippen molar-refractivity contribution in [2.24, 2.45) is 5.92 Å². The second-order valence-corrected chi connectivity index (χ2v) is 5.34. The van der Waals surface area contributed by atoms with E-state index >= 15 is 0 Å². The molecule has 22 heavy (non-hydrogen) atoms. The first-order valence-corrected chi connectivity index (χ1v) is 7.76. The van der Waals surface area contributed by atoms with Crippen LogP contribution < -0.4 is 0 Å². The van der Waals surface area contributed by atoms with E-state index in [-0.39, 0.29) is 17.1 Å². The third-order valence-electron chi connectivity index (χ3n) is 3.47. The lowest BCUT2D eigenvalue weighted by Crippen LogP contribution is -2.13. The third kappa shape index (κ3) is 3.49. The molecular weight excluding hydrogens is 304 g/mol. The van der Waals surface area contributed by atoms with Crippen LogP contribution in [0.3, 0.4) is 0 Å². The van der Waals surface area contributed by atoms with Gasteiger partial charge in [-0.2, -0.15) is 10.5 Å². The van der Waals surface area contributed by atoms with Crippen molar-refractivity contribution in [1.29, 1.82) is 10.5 Å². The van der Waals surface area contributed by atoms with E-state index in [1.54, 1.807) is 6.26 Å². The molecule has 0 N–H and O–H groups in total. The zero-order valence-electron chi connectivity index (χ0n) is 12.6. The summed E-state index contributed by atoms with van der Waals surface area (Å²) < 4.78 is 9.26. The van der Waals surface area contributed by atoms with Gasteiger partial charge in [0, 0.05) is 10.8 Å². The van der Waals surface area contributed by atoms with Gasteiger partial charge in [-0.15, -0.1) is 11.8 Å². The molecule has 0 aromatic heterocycles. The highest BCUT2D eigenvalue weighted by Gasteiger charge is 2.33. The van der Waals surface area contributed by atoms with Crippen LogP contribution in [0.5, 0.6) is 0 Å². The van der Waals surface area contributed by atoms with Crippen LogP contribution in [0.4, 0.5) is 0 Å². The van der Waals surface area contributed by atoms with E-state index in [4.69, 9.17) is 0 Å². The van der Waals surface area contributed by atoms with Crippen molar-refractivity contribution >= 4 is 23.7 Å². The Kier molecular flexibility index (Phi) is 6.68. The number of hydrogen-bond acceptors (Lipinski definition) is 7. The molecule has 1 aliphatic carbocycles. The Labute approximate surface area is 133 Å². The van der Waals surface area contributed by atoms with Crippen LogP contribution in [-0.4, -0.2) is 32.4 Å². The Morgan fingerprint density at radius 3 is 2.27 bits per heavy atom. The molecule has 0 aliphatic heterocycles. The molecule has 1 saturated carbocycles. The van der Waals surface area contributed by atoms with Crippen LogP contribution in [0, 0.1) is 28.6 Å². The minimum absolute atomic E-state index is 0.0429. The maximum Gasteiger partial charge on any atom is 0.349 e. The topological polar surface area (TPSA) is 100 Å². The van der Waals surface area contributed by atoms with Crippen molar-refractivity contribution in [1.82, 2.24) is 0 Å². The average molecular weight is 320 g/mol. The van der Waals surface area contributed by atoms with Crippen LogP contribution in [0.25, 0.3) is 0 Å². The predicted octanol–water partition coefficient (Wildman–Crippen LogP) is 2.09. The van der Waals surface area contributed by atoms with Crippen LogP contribution in [0.1, 0.15) is 19.3 Å². The smallest absolute Gasteiger partial charge is 0.349 e. The lowest BCUT2D eigenvalue weighted by atomic mass is 9.95. The molecule has 0 bridgehead atoms. The number of allylic oxidation sites excluding steroid dienone is 2. The monoisotopic (exact) mass is 320 g/mol. The van der Waals surface area contributed by atoms with Crippen molar-refractivity contribution in [3.05, 3.63) is 21.6 Å². The fraction of sp³-hybridized carbons (Fsp3) is 0.467. The molecule has 0 aromatic carbocycles. The van der Waals surface area contributed by atoms with Crippen LogP contribution in [-0.2, 0) is 19.1 Å². The summed E-state index contributed by atoms with van der Waals surface area (Å²) in [5.74, 6) is -1.71.